The van der Waals surface area contributed by atoms with E-state index in [9.17, 15) is 26.7 Å². The Morgan fingerprint density at radius 3 is 2.62 bits per heavy atom. The molecule has 0 amide bonds. The van der Waals surface area contributed by atoms with Crippen LogP contribution in [0.1, 0.15) is 30.4 Å². The summed E-state index contributed by atoms with van der Waals surface area (Å²) in [4.78, 5) is 20.0. The molecular weight excluding hydrogens is 429 g/mol. The van der Waals surface area contributed by atoms with Crippen molar-refractivity contribution in [2.45, 2.75) is 31.9 Å². The Morgan fingerprint density at radius 1 is 1.12 bits per heavy atom. The first kappa shape index (κ1) is 20.5. The first-order valence-corrected chi connectivity index (χ1v) is 10.1. The summed E-state index contributed by atoms with van der Waals surface area (Å²) in [6.07, 6.45) is -3.29. The number of anilines is 2. The van der Waals surface area contributed by atoms with Crippen LogP contribution in [0.25, 0.3) is 10.9 Å². The van der Waals surface area contributed by atoms with Crippen LogP contribution >= 0.6 is 0 Å². The molecule has 2 heterocycles. The number of nitrogens with zero attached hydrogens (tertiary/aromatic N) is 2. The van der Waals surface area contributed by atoms with Crippen molar-refractivity contribution in [3.63, 3.8) is 0 Å². The standard InChI is InChI=1S/C23H16F5N3O/c24-15-6-7-16-18(19(15)25)20(30-21(32)29-16)31-12-2-4-14-13(3-1-5-17(14)31)8-9-22(10-11-22)23(26,27)28/h1,3,5-7H,2,4,10-12H2,(H,29,30,32). The van der Waals surface area contributed by atoms with Crippen molar-refractivity contribution in [3.05, 3.63) is 63.6 Å². The summed E-state index contributed by atoms with van der Waals surface area (Å²) in [5.74, 6) is 2.86. The predicted octanol–water partition coefficient (Wildman–Crippen LogP) is 4.98. The molecule has 1 aliphatic heterocycles. The Labute approximate surface area is 179 Å². The van der Waals surface area contributed by atoms with Gasteiger partial charge in [-0.3, -0.25) is 0 Å². The smallest absolute Gasteiger partial charge is 0.325 e. The van der Waals surface area contributed by atoms with Crippen LogP contribution in [0.3, 0.4) is 0 Å². The minimum absolute atomic E-state index is 0.0157. The summed E-state index contributed by atoms with van der Waals surface area (Å²) in [6, 6.07) is 7.18. The second kappa shape index (κ2) is 7.05. The normalized spacial score (nSPS) is 17.0. The first-order chi connectivity index (χ1) is 15.2. The molecule has 1 aliphatic carbocycles. The lowest BCUT2D eigenvalue weighted by Gasteiger charge is -2.31. The van der Waals surface area contributed by atoms with Crippen LogP contribution in [0.4, 0.5) is 33.5 Å². The third-order valence-electron chi connectivity index (χ3n) is 6.00. The summed E-state index contributed by atoms with van der Waals surface area (Å²) in [6.45, 7) is 0.373. The van der Waals surface area contributed by atoms with Crippen molar-refractivity contribution in [2.24, 2.45) is 5.41 Å². The molecule has 9 heteroatoms. The van der Waals surface area contributed by atoms with E-state index < -0.39 is 28.9 Å². The van der Waals surface area contributed by atoms with Crippen molar-refractivity contribution in [2.75, 3.05) is 11.4 Å². The molecule has 0 atom stereocenters. The summed E-state index contributed by atoms with van der Waals surface area (Å²) < 4.78 is 68.4. The SMILES string of the molecule is O=c1nc(N2CCCc3c(C#CC4(C(F)(F)F)CC4)cccc32)c2c(F)c(F)ccc2[nH]1. The Hall–Kier alpha value is -3.41. The van der Waals surface area contributed by atoms with Gasteiger partial charge in [0.05, 0.1) is 10.9 Å². The third-order valence-corrected chi connectivity index (χ3v) is 6.00. The molecule has 5 rings (SSSR count). The van der Waals surface area contributed by atoms with E-state index in [1.165, 1.54) is 6.07 Å². The number of rotatable bonds is 1. The largest absolute Gasteiger partial charge is 0.405 e. The van der Waals surface area contributed by atoms with Gasteiger partial charge in [0, 0.05) is 17.8 Å². The van der Waals surface area contributed by atoms with E-state index in [-0.39, 0.29) is 29.6 Å². The number of H-pyrrole nitrogens is 1. The van der Waals surface area contributed by atoms with Crippen LogP contribution in [-0.2, 0) is 6.42 Å². The molecule has 3 aromatic rings. The summed E-state index contributed by atoms with van der Waals surface area (Å²) in [5.41, 5.74) is -0.872. The van der Waals surface area contributed by atoms with E-state index in [4.69, 9.17) is 0 Å². The van der Waals surface area contributed by atoms with Gasteiger partial charge in [0.2, 0.25) is 0 Å². The molecule has 4 nitrogen and oxygen atoms in total. The van der Waals surface area contributed by atoms with E-state index in [1.807, 2.05) is 0 Å². The highest BCUT2D eigenvalue weighted by molar-refractivity contribution is 5.92. The molecule has 2 aliphatic rings. The first-order valence-electron chi connectivity index (χ1n) is 10.1. The van der Waals surface area contributed by atoms with E-state index in [0.29, 0.717) is 36.2 Å². The monoisotopic (exact) mass is 445 g/mol. The lowest BCUT2D eigenvalue weighted by Crippen LogP contribution is -2.28. The molecule has 0 spiro atoms. The van der Waals surface area contributed by atoms with Gasteiger partial charge in [0.15, 0.2) is 17.5 Å². The molecule has 1 fully saturated rings. The lowest BCUT2D eigenvalue weighted by atomic mass is 9.95. The van der Waals surface area contributed by atoms with Gasteiger partial charge in [0.25, 0.3) is 0 Å². The topological polar surface area (TPSA) is 49.0 Å². The van der Waals surface area contributed by atoms with Crippen molar-refractivity contribution in [3.8, 4) is 11.8 Å². The summed E-state index contributed by atoms with van der Waals surface area (Å²) >= 11 is 0. The van der Waals surface area contributed by atoms with Crippen LogP contribution < -0.4 is 10.6 Å². The van der Waals surface area contributed by atoms with Gasteiger partial charge in [-0.2, -0.15) is 18.2 Å². The van der Waals surface area contributed by atoms with Crippen LogP contribution in [0.5, 0.6) is 0 Å². The highest BCUT2D eigenvalue weighted by Gasteiger charge is 2.62. The van der Waals surface area contributed by atoms with E-state index in [2.05, 4.69) is 21.8 Å². The third kappa shape index (κ3) is 3.22. The highest BCUT2D eigenvalue weighted by atomic mass is 19.4. The molecule has 1 saturated carbocycles. The molecule has 1 N–H and O–H groups in total. The van der Waals surface area contributed by atoms with E-state index >= 15 is 0 Å². The van der Waals surface area contributed by atoms with Crippen molar-refractivity contribution < 1.29 is 22.0 Å². The number of aromatic amines is 1. The van der Waals surface area contributed by atoms with Crippen LogP contribution in [0, 0.1) is 28.9 Å². The number of halogens is 5. The fourth-order valence-electron chi connectivity index (χ4n) is 4.12. The van der Waals surface area contributed by atoms with Gasteiger partial charge in [-0.05, 0) is 55.5 Å². The summed E-state index contributed by atoms with van der Waals surface area (Å²) in [7, 11) is 0. The van der Waals surface area contributed by atoms with Gasteiger partial charge in [-0.25, -0.2) is 13.6 Å². The zero-order valence-corrected chi connectivity index (χ0v) is 16.6. The van der Waals surface area contributed by atoms with Crippen molar-refractivity contribution in [1.82, 2.24) is 9.97 Å². The van der Waals surface area contributed by atoms with Gasteiger partial charge in [-0.15, -0.1) is 0 Å². The number of aromatic nitrogens is 2. The van der Waals surface area contributed by atoms with E-state index in [1.54, 1.807) is 23.1 Å². The second-order valence-corrected chi connectivity index (χ2v) is 8.04. The molecule has 32 heavy (non-hydrogen) atoms. The minimum atomic E-state index is -4.38. The van der Waals surface area contributed by atoms with Crippen molar-refractivity contribution in [1.29, 1.82) is 0 Å². The molecule has 164 valence electrons. The zero-order chi connectivity index (χ0) is 22.7. The minimum Gasteiger partial charge on any atom is -0.325 e. The quantitative estimate of drug-likeness (QED) is 0.425. The van der Waals surface area contributed by atoms with E-state index in [0.717, 1.165) is 6.07 Å². The molecule has 0 radical (unpaired) electrons. The average molecular weight is 445 g/mol. The Balaban J connectivity index is 1.65. The average Bonchev–Trinajstić information content (AvgIpc) is 3.55. The van der Waals surface area contributed by atoms with Gasteiger partial charge >= 0.3 is 11.9 Å². The predicted molar refractivity (Wildman–Crippen MR) is 109 cm³/mol. The molecular formula is C23H16F5N3O. The maximum absolute atomic E-state index is 14.7. The van der Waals surface area contributed by atoms with Gasteiger partial charge < -0.3 is 9.88 Å². The maximum atomic E-state index is 14.7. The Kier molecular flexibility index (Phi) is 4.52. The lowest BCUT2D eigenvalue weighted by molar-refractivity contribution is -0.168. The van der Waals surface area contributed by atoms with Crippen LogP contribution in [0.2, 0.25) is 0 Å². The Bertz CT molecular complexity index is 1360. The highest BCUT2D eigenvalue weighted by Crippen LogP contribution is 2.57. The molecule has 0 bridgehead atoms. The maximum Gasteiger partial charge on any atom is 0.405 e. The Morgan fingerprint density at radius 2 is 1.91 bits per heavy atom. The molecule has 1 aromatic heterocycles. The fraction of sp³-hybridized carbons (Fsp3) is 0.304. The number of fused-ring (bicyclic) bond motifs is 2. The zero-order valence-electron chi connectivity index (χ0n) is 16.6. The number of hydrogen-bond donors (Lipinski definition) is 1. The van der Waals surface area contributed by atoms with Crippen LogP contribution in [-0.4, -0.2) is 22.7 Å². The van der Waals surface area contributed by atoms with Gasteiger partial charge in [0.1, 0.15) is 5.41 Å². The van der Waals surface area contributed by atoms with Crippen LogP contribution in [0.15, 0.2) is 35.1 Å². The number of benzene rings is 2. The molecule has 0 saturated heterocycles. The second-order valence-electron chi connectivity index (χ2n) is 8.04. The fourth-order valence-corrected chi connectivity index (χ4v) is 4.12. The van der Waals surface area contributed by atoms with Gasteiger partial charge in [-0.1, -0.05) is 17.9 Å². The number of hydrogen-bond acceptors (Lipinski definition) is 3. The number of nitrogens with one attached hydrogen (secondary N) is 1. The molecule has 0 unspecified atom stereocenters. The molecule has 2 aromatic carbocycles. The summed E-state index contributed by atoms with van der Waals surface area (Å²) in [5, 5.41) is -0.164. The van der Waals surface area contributed by atoms with Crippen molar-refractivity contribution >= 4 is 22.4 Å². The number of alkyl halides is 3.